The Morgan fingerprint density at radius 1 is 1.42 bits per heavy atom. The minimum atomic E-state index is 0.0809. The summed E-state index contributed by atoms with van der Waals surface area (Å²) in [5.74, 6) is 0.476. The SMILES string of the molecule is CC(C)(C)NCC1CCOC1c1ncc(Br)cc1Br. The van der Waals surface area contributed by atoms with Gasteiger partial charge in [0.15, 0.2) is 0 Å². The predicted octanol–water partition coefficient (Wildman–Crippen LogP) is 4.07. The Morgan fingerprint density at radius 3 is 2.79 bits per heavy atom. The minimum Gasteiger partial charge on any atom is -0.372 e. The van der Waals surface area contributed by atoms with Crippen molar-refractivity contribution >= 4 is 31.9 Å². The van der Waals surface area contributed by atoms with Crippen LogP contribution in [0.4, 0.5) is 0 Å². The average Bonchev–Trinajstić information content (AvgIpc) is 2.73. The molecule has 0 aromatic carbocycles. The van der Waals surface area contributed by atoms with Gasteiger partial charge in [-0.05, 0) is 65.1 Å². The maximum Gasteiger partial charge on any atom is 0.105 e. The molecule has 1 aliphatic rings. The van der Waals surface area contributed by atoms with Gasteiger partial charge in [-0.25, -0.2) is 0 Å². The van der Waals surface area contributed by atoms with Crippen LogP contribution < -0.4 is 5.32 Å². The van der Waals surface area contributed by atoms with Crippen molar-refractivity contribution in [3.05, 3.63) is 26.9 Å². The standard InChI is InChI=1S/C14H20Br2N2O/c1-14(2,3)18-7-9-4-5-19-13(9)12-11(16)6-10(15)8-17-12/h6,8-9,13,18H,4-5,7H2,1-3H3. The maximum absolute atomic E-state index is 5.89. The number of hydrogen-bond acceptors (Lipinski definition) is 3. The summed E-state index contributed by atoms with van der Waals surface area (Å²) in [7, 11) is 0. The van der Waals surface area contributed by atoms with Crippen LogP contribution in [0, 0.1) is 5.92 Å². The third-order valence-corrected chi connectivity index (χ3v) is 4.28. The quantitative estimate of drug-likeness (QED) is 0.842. The number of pyridine rings is 1. The number of halogens is 2. The van der Waals surface area contributed by atoms with Crippen LogP contribution in [0.1, 0.15) is 39.0 Å². The van der Waals surface area contributed by atoms with Crippen LogP contribution in [-0.2, 0) is 4.74 Å². The lowest BCUT2D eigenvalue weighted by Gasteiger charge is -2.25. The largest absolute Gasteiger partial charge is 0.372 e. The normalized spacial score (nSPS) is 23.8. The van der Waals surface area contributed by atoms with Crippen molar-refractivity contribution in [2.45, 2.75) is 38.8 Å². The van der Waals surface area contributed by atoms with Crippen LogP contribution in [0.2, 0.25) is 0 Å². The first-order valence-electron chi connectivity index (χ1n) is 6.54. The van der Waals surface area contributed by atoms with Crippen molar-refractivity contribution in [2.24, 2.45) is 5.92 Å². The molecule has 106 valence electrons. The topological polar surface area (TPSA) is 34.1 Å². The minimum absolute atomic E-state index is 0.0809. The van der Waals surface area contributed by atoms with Gasteiger partial charge in [0, 0.05) is 39.8 Å². The van der Waals surface area contributed by atoms with E-state index in [0.717, 1.165) is 34.2 Å². The second kappa shape index (κ2) is 6.20. The van der Waals surface area contributed by atoms with Crippen LogP contribution in [0.15, 0.2) is 21.2 Å². The fourth-order valence-electron chi connectivity index (χ4n) is 2.22. The molecule has 0 spiro atoms. The molecule has 2 rings (SSSR count). The maximum atomic E-state index is 5.89. The molecule has 1 saturated heterocycles. The summed E-state index contributed by atoms with van der Waals surface area (Å²) in [4.78, 5) is 4.51. The van der Waals surface area contributed by atoms with Gasteiger partial charge in [0.25, 0.3) is 0 Å². The van der Waals surface area contributed by atoms with E-state index in [4.69, 9.17) is 4.74 Å². The second-order valence-corrected chi connectivity index (χ2v) is 7.76. The molecule has 0 bridgehead atoms. The van der Waals surface area contributed by atoms with E-state index >= 15 is 0 Å². The Morgan fingerprint density at radius 2 is 2.16 bits per heavy atom. The molecule has 5 heteroatoms. The highest BCUT2D eigenvalue weighted by Gasteiger charge is 2.32. The average molecular weight is 392 g/mol. The molecule has 19 heavy (non-hydrogen) atoms. The summed E-state index contributed by atoms with van der Waals surface area (Å²) in [6.07, 6.45) is 2.99. The number of aromatic nitrogens is 1. The zero-order chi connectivity index (χ0) is 14.0. The molecule has 2 unspecified atom stereocenters. The molecule has 2 heterocycles. The summed E-state index contributed by atoms with van der Waals surface area (Å²) in [6.45, 7) is 8.33. The second-order valence-electron chi connectivity index (χ2n) is 5.99. The fourth-order valence-corrected chi connectivity index (χ4v) is 3.43. The van der Waals surface area contributed by atoms with E-state index in [-0.39, 0.29) is 11.6 Å². The molecule has 3 nitrogen and oxygen atoms in total. The van der Waals surface area contributed by atoms with Crippen LogP contribution in [0.3, 0.4) is 0 Å². The van der Waals surface area contributed by atoms with E-state index in [0.29, 0.717) is 5.92 Å². The molecule has 0 saturated carbocycles. The Bertz CT molecular complexity index is 446. The van der Waals surface area contributed by atoms with Gasteiger partial charge in [-0.1, -0.05) is 0 Å². The highest BCUT2D eigenvalue weighted by Crippen LogP contribution is 2.37. The van der Waals surface area contributed by atoms with Crippen molar-refractivity contribution in [1.29, 1.82) is 0 Å². The van der Waals surface area contributed by atoms with Crippen LogP contribution in [-0.4, -0.2) is 23.7 Å². The van der Waals surface area contributed by atoms with E-state index in [9.17, 15) is 0 Å². The lowest BCUT2D eigenvalue weighted by Crippen LogP contribution is -2.39. The molecule has 1 aromatic rings. The van der Waals surface area contributed by atoms with Gasteiger partial charge in [-0.2, -0.15) is 0 Å². The van der Waals surface area contributed by atoms with Crippen molar-refractivity contribution < 1.29 is 4.74 Å². The van der Waals surface area contributed by atoms with Gasteiger partial charge < -0.3 is 10.1 Å². The third-order valence-electron chi connectivity index (χ3n) is 3.21. The number of rotatable bonds is 3. The van der Waals surface area contributed by atoms with Crippen LogP contribution >= 0.6 is 31.9 Å². The van der Waals surface area contributed by atoms with Gasteiger partial charge in [0.05, 0.1) is 5.69 Å². The highest BCUT2D eigenvalue weighted by molar-refractivity contribution is 9.11. The van der Waals surface area contributed by atoms with E-state index < -0.39 is 0 Å². The van der Waals surface area contributed by atoms with Crippen LogP contribution in [0.5, 0.6) is 0 Å². The van der Waals surface area contributed by atoms with E-state index in [1.54, 1.807) is 0 Å². The molecule has 0 amide bonds. The molecule has 1 aliphatic heterocycles. The van der Waals surface area contributed by atoms with Crippen molar-refractivity contribution in [2.75, 3.05) is 13.2 Å². The van der Waals surface area contributed by atoms with E-state index in [1.807, 2.05) is 12.3 Å². The number of ether oxygens (including phenoxy) is 1. The fraction of sp³-hybridized carbons (Fsp3) is 0.643. The van der Waals surface area contributed by atoms with Gasteiger partial charge in [-0.15, -0.1) is 0 Å². The first-order valence-corrected chi connectivity index (χ1v) is 8.13. The first kappa shape index (κ1) is 15.4. The Labute approximate surface area is 131 Å². The van der Waals surface area contributed by atoms with Crippen LogP contribution in [0.25, 0.3) is 0 Å². The number of hydrogen-bond donors (Lipinski definition) is 1. The molecule has 0 radical (unpaired) electrons. The number of nitrogens with one attached hydrogen (secondary N) is 1. The van der Waals surface area contributed by atoms with Gasteiger partial charge in [-0.3, -0.25) is 4.98 Å². The van der Waals surface area contributed by atoms with Crippen molar-refractivity contribution in [3.8, 4) is 0 Å². The Hall–Kier alpha value is 0.0300. The molecule has 0 aliphatic carbocycles. The summed E-state index contributed by atoms with van der Waals surface area (Å²) in [5.41, 5.74) is 1.14. The molecule has 2 atom stereocenters. The highest BCUT2D eigenvalue weighted by atomic mass is 79.9. The first-order chi connectivity index (χ1) is 8.87. The Balaban J connectivity index is 2.10. The zero-order valence-corrected chi connectivity index (χ0v) is 14.7. The van der Waals surface area contributed by atoms with Crippen molar-refractivity contribution in [3.63, 3.8) is 0 Å². The zero-order valence-electron chi connectivity index (χ0n) is 11.5. The van der Waals surface area contributed by atoms with E-state index in [1.165, 1.54) is 0 Å². The molecule has 1 fully saturated rings. The van der Waals surface area contributed by atoms with Gasteiger partial charge in [0.1, 0.15) is 6.10 Å². The third kappa shape index (κ3) is 4.25. The monoisotopic (exact) mass is 390 g/mol. The van der Waals surface area contributed by atoms with Crippen molar-refractivity contribution in [1.82, 2.24) is 10.3 Å². The smallest absolute Gasteiger partial charge is 0.105 e. The number of nitrogens with zero attached hydrogens (tertiary/aromatic N) is 1. The summed E-state index contributed by atoms with van der Waals surface area (Å²) in [6, 6.07) is 2.03. The van der Waals surface area contributed by atoms with Gasteiger partial charge in [0.2, 0.25) is 0 Å². The molecule has 1 N–H and O–H groups in total. The lowest BCUT2D eigenvalue weighted by atomic mass is 9.97. The summed E-state index contributed by atoms with van der Waals surface area (Å²) in [5, 5.41) is 3.56. The molecular formula is C14H20Br2N2O. The summed E-state index contributed by atoms with van der Waals surface area (Å²) < 4.78 is 7.88. The van der Waals surface area contributed by atoms with Gasteiger partial charge >= 0.3 is 0 Å². The Kier molecular flexibility index (Phi) is 5.04. The molecular weight excluding hydrogens is 372 g/mol. The molecule has 1 aromatic heterocycles. The van der Waals surface area contributed by atoms with E-state index in [2.05, 4.69) is 62.9 Å². The predicted molar refractivity (Wildman–Crippen MR) is 84.2 cm³/mol. The lowest BCUT2D eigenvalue weighted by molar-refractivity contribution is 0.0849. The summed E-state index contributed by atoms with van der Waals surface area (Å²) >= 11 is 7.01.